The Kier molecular flexibility index (Phi) is 4.45. The van der Waals surface area contributed by atoms with E-state index in [2.05, 4.69) is 20.8 Å². The highest BCUT2D eigenvalue weighted by molar-refractivity contribution is 5.80. The zero-order valence-corrected chi connectivity index (χ0v) is 10.4. The molecule has 7 heteroatoms. The minimum absolute atomic E-state index is 0.0987. The molecule has 1 amide bonds. The normalized spacial score (nSPS) is 11.3. The lowest BCUT2D eigenvalue weighted by Gasteiger charge is -2.20. The molecule has 4 N–H and O–H groups in total. The van der Waals surface area contributed by atoms with Crippen molar-refractivity contribution in [1.82, 2.24) is 15.5 Å². The number of carbonyl (C=O) groups excluding carboxylic acids is 1. The minimum atomic E-state index is -0.252. The Morgan fingerprint density at radius 3 is 2.71 bits per heavy atom. The quantitative estimate of drug-likeness (QED) is 0.664. The second-order valence-corrected chi connectivity index (χ2v) is 4.69. The van der Waals surface area contributed by atoms with Crippen LogP contribution in [0.25, 0.3) is 0 Å². The van der Waals surface area contributed by atoms with Gasteiger partial charge in [-0.2, -0.15) is 0 Å². The zero-order valence-electron chi connectivity index (χ0n) is 10.4. The van der Waals surface area contributed by atoms with Crippen LogP contribution in [0, 0.1) is 0 Å². The van der Waals surface area contributed by atoms with Crippen molar-refractivity contribution in [3.8, 4) is 0 Å². The van der Waals surface area contributed by atoms with Crippen molar-refractivity contribution in [3.63, 3.8) is 0 Å². The smallest absolute Gasteiger partial charge is 0.315 e. The molecule has 0 saturated heterocycles. The largest absolute Gasteiger partial charge is 0.408 e. The monoisotopic (exact) mass is 241 g/mol. The standard InChI is InChI=1S/C10H19N5O2/c1-10(2,3)13-7(16)6-12-9-15-14-8(17-9)4-5-11/h4-6,11H2,1-3H3,(H,12,15)(H,13,16). The molecule has 0 aromatic carbocycles. The van der Waals surface area contributed by atoms with E-state index in [1.165, 1.54) is 0 Å². The van der Waals surface area contributed by atoms with Gasteiger partial charge in [-0.15, -0.1) is 5.10 Å². The summed E-state index contributed by atoms with van der Waals surface area (Å²) < 4.78 is 5.21. The number of carbonyl (C=O) groups is 1. The van der Waals surface area contributed by atoms with Gasteiger partial charge < -0.3 is 20.8 Å². The van der Waals surface area contributed by atoms with Crippen molar-refractivity contribution in [2.45, 2.75) is 32.7 Å². The summed E-state index contributed by atoms with van der Waals surface area (Å²) >= 11 is 0. The molecule has 17 heavy (non-hydrogen) atoms. The number of anilines is 1. The predicted octanol–water partition coefficient (Wildman–Crippen LogP) is -0.103. The van der Waals surface area contributed by atoms with Gasteiger partial charge in [0.25, 0.3) is 0 Å². The second kappa shape index (κ2) is 5.62. The van der Waals surface area contributed by atoms with Crippen LogP contribution in [0.2, 0.25) is 0 Å². The van der Waals surface area contributed by atoms with E-state index in [4.69, 9.17) is 10.2 Å². The van der Waals surface area contributed by atoms with Crippen LogP contribution in [-0.2, 0) is 11.2 Å². The third kappa shape index (κ3) is 5.30. The fraction of sp³-hybridized carbons (Fsp3) is 0.700. The van der Waals surface area contributed by atoms with Crippen LogP contribution in [-0.4, -0.2) is 34.7 Å². The van der Waals surface area contributed by atoms with Crippen LogP contribution in [0.1, 0.15) is 26.7 Å². The number of nitrogens with zero attached hydrogens (tertiary/aromatic N) is 2. The zero-order chi connectivity index (χ0) is 12.9. The number of nitrogens with one attached hydrogen (secondary N) is 2. The SMILES string of the molecule is CC(C)(C)NC(=O)CNc1nnc(CCN)o1. The molecule has 0 saturated carbocycles. The number of nitrogens with two attached hydrogens (primary N) is 1. The highest BCUT2D eigenvalue weighted by Gasteiger charge is 2.14. The van der Waals surface area contributed by atoms with E-state index in [1.807, 2.05) is 20.8 Å². The van der Waals surface area contributed by atoms with Gasteiger partial charge in [-0.1, -0.05) is 5.10 Å². The molecule has 1 aromatic heterocycles. The van der Waals surface area contributed by atoms with Gasteiger partial charge in [0.2, 0.25) is 11.8 Å². The summed E-state index contributed by atoms with van der Waals surface area (Å²) in [5.41, 5.74) is 5.10. The van der Waals surface area contributed by atoms with Gasteiger partial charge in [0.05, 0.1) is 6.54 Å². The summed E-state index contributed by atoms with van der Waals surface area (Å²) in [5, 5.41) is 13.1. The number of aromatic nitrogens is 2. The van der Waals surface area contributed by atoms with Crippen molar-refractivity contribution in [2.75, 3.05) is 18.4 Å². The molecule has 0 atom stereocenters. The molecule has 7 nitrogen and oxygen atoms in total. The first-order valence-electron chi connectivity index (χ1n) is 5.48. The van der Waals surface area contributed by atoms with E-state index in [9.17, 15) is 4.79 Å². The summed E-state index contributed by atoms with van der Waals surface area (Å²) in [6, 6.07) is 0.234. The summed E-state index contributed by atoms with van der Waals surface area (Å²) in [5.74, 6) is 0.335. The lowest BCUT2D eigenvalue weighted by atomic mass is 10.1. The Balaban J connectivity index is 2.37. The number of rotatable bonds is 5. The lowest BCUT2D eigenvalue weighted by Crippen LogP contribution is -2.43. The molecule has 0 spiro atoms. The van der Waals surface area contributed by atoms with E-state index < -0.39 is 0 Å². The molecule has 1 heterocycles. The van der Waals surface area contributed by atoms with E-state index in [1.54, 1.807) is 0 Å². The summed E-state index contributed by atoms with van der Waals surface area (Å²) in [7, 11) is 0. The summed E-state index contributed by atoms with van der Waals surface area (Å²) in [4.78, 5) is 11.5. The average molecular weight is 241 g/mol. The van der Waals surface area contributed by atoms with Gasteiger partial charge in [0, 0.05) is 18.5 Å². The topological polar surface area (TPSA) is 106 Å². The molecular formula is C10H19N5O2. The van der Waals surface area contributed by atoms with Crippen LogP contribution in [0.15, 0.2) is 4.42 Å². The van der Waals surface area contributed by atoms with E-state index in [-0.39, 0.29) is 24.0 Å². The first-order chi connectivity index (χ1) is 7.90. The maximum Gasteiger partial charge on any atom is 0.315 e. The van der Waals surface area contributed by atoms with Gasteiger partial charge in [0.1, 0.15) is 0 Å². The molecule has 0 aliphatic rings. The third-order valence-corrected chi connectivity index (χ3v) is 1.74. The third-order valence-electron chi connectivity index (χ3n) is 1.74. The molecule has 0 aliphatic heterocycles. The fourth-order valence-corrected chi connectivity index (χ4v) is 1.17. The number of hydrogen-bond acceptors (Lipinski definition) is 6. The Morgan fingerprint density at radius 1 is 1.41 bits per heavy atom. The van der Waals surface area contributed by atoms with Gasteiger partial charge in [-0.05, 0) is 20.8 Å². The highest BCUT2D eigenvalue weighted by atomic mass is 16.4. The van der Waals surface area contributed by atoms with Crippen molar-refractivity contribution in [2.24, 2.45) is 5.73 Å². The van der Waals surface area contributed by atoms with E-state index in [0.29, 0.717) is 18.9 Å². The number of hydrogen-bond donors (Lipinski definition) is 3. The van der Waals surface area contributed by atoms with Crippen LogP contribution < -0.4 is 16.4 Å². The van der Waals surface area contributed by atoms with Crippen LogP contribution >= 0.6 is 0 Å². The van der Waals surface area contributed by atoms with Crippen LogP contribution in [0.3, 0.4) is 0 Å². The van der Waals surface area contributed by atoms with Gasteiger partial charge in [-0.3, -0.25) is 4.79 Å². The van der Waals surface area contributed by atoms with Gasteiger partial charge in [0.15, 0.2) is 0 Å². The van der Waals surface area contributed by atoms with Crippen molar-refractivity contribution >= 4 is 11.9 Å². The van der Waals surface area contributed by atoms with E-state index in [0.717, 1.165) is 0 Å². The Bertz CT molecular complexity index is 369. The number of amides is 1. The highest BCUT2D eigenvalue weighted by Crippen LogP contribution is 2.05. The molecule has 0 radical (unpaired) electrons. The molecule has 0 unspecified atom stereocenters. The molecule has 1 rings (SSSR count). The molecule has 0 fully saturated rings. The molecule has 0 aliphatic carbocycles. The lowest BCUT2D eigenvalue weighted by molar-refractivity contribution is -0.120. The predicted molar refractivity (Wildman–Crippen MR) is 63.4 cm³/mol. The maximum atomic E-state index is 11.5. The van der Waals surface area contributed by atoms with Crippen molar-refractivity contribution < 1.29 is 9.21 Å². The molecular weight excluding hydrogens is 222 g/mol. The van der Waals surface area contributed by atoms with Crippen LogP contribution in [0.5, 0.6) is 0 Å². The van der Waals surface area contributed by atoms with Crippen molar-refractivity contribution in [3.05, 3.63) is 5.89 Å². The maximum absolute atomic E-state index is 11.5. The second-order valence-electron chi connectivity index (χ2n) is 4.69. The molecule has 1 aromatic rings. The van der Waals surface area contributed by atoms with Crippen LogP contribution in [0.4, 0.5) is 6.01 Å². The van der Waals surface area contributed by atoms with Gasteiger partial charge >= 0.3 is 6.01 Å². The first-order valence-corrected chi connectivity index (χ1v) is 5.48. The molecule has 96 valence electrons. The van der Waals surface area contributed by atoms with E-state index >= 15 is 0 Å². The minimum Gasteiger partial charge on any atom is -0.408 e. The average Bonchev–Trinajstić information content (AvgIpc) is 2.61. The Labute approximate surface area is 100 Å². The Hall–Kier alpha value is -1.63. The first kappa shape index (κ1) is 13.4. The molecule has 0 bridgehead atoms. The summed E-state index contributed by atoms with van der Waals surface area (Å²) in [6.07, 6.45) is 0.531. The summed E-state index contributed by atoms with van der Waals surface area (Å²) in [6.45, 7) is 6.29. The van der Waals surface area contributed by atoms with Gasteiger partial charge in [-0.25, -0.2) is 0 Å². The van der Waals surface area contributed by atoms with Crippen molar-refractivity contribution in [1.29, 1.82) is 0 Å². The fourth-order valence-electron chi connectivity index (χ4n) is 1.17. The Morgan fingerprint density at radius 2 is 2.12 bits per heavy atom.